The zero-order valence-corrected chi connectivity index (χ0v) is 26.6. The number of nitrogens with zero attached hydrogens (tertiary/aromatic N) is 5. The van der Waals surface area contributed by atoms with E-state index in [4.69, 9.17) is 14.8 Å². The Labute approximate surface area is 269 Å². The zero-order chi connectivity index (χ0) is 33.8. The summed E-state index contributed by atoms with van der Waals surface area (Å²) in [5.41, 5.74) is 3.31. The van der Waals surface area contributed by atoms with Gasteiger partial charge in [0.15, 0.2) is 11.9 Å². The summed E-state index contributed by atoms with van der Waals surface area (Å²) in [6.07, 6.45) is 1.75. The highest BCUT2D eigenvalue weighted by Crippen LogP contribution is 2.41. The van der Waals surface area contributed by atoms with Crippen LogP contribution < -0.4 is 10.6 Å². The lowest BCUT2D eigenvalue weighted by Crippen LogP contribution is -2.47. The van der Waals surface area contributed by atoms with Crippen molar-refractivity contribution in [1.29, 1.82) is 0 Å². The molecule has 258 valence electrons. The van der Waals surface area contributed by atoms with Crippen LogP contribution in [0.1, 0.15) is 91.3 Å². The minimum absolute atomic E-state index is 0.000425. The third-order valence-electron chi connectivity index (χ3n) is 9.58. The molecule has 3 aliphatic rings. The van der Waals surface area contributed by atoms with Crippen molar-refractivity contribution in [2.75, 3.05) is 26.8 Å². The van der Waals surface area contributed by atoms with Gasteiger partial charge in [-0.2, -0.15) is 23.4 Å². The van der Waals surface area contributed by atoms with Crippen molar-refractivity contribution in [2.24, 2.45) is 17.8 Å². The van der Waals surface area contributed by atoms with Crippen LogP contribution in [0.5, 0.6) is 0 Å². The maximum atomic E-state index is 13.7. The number of alkyl halides is 5. The molecule has 47 heavy (non-hydrogen) atoms. The Kier molecular flexibility index (Phi) is 10.9. The fourth-order valence-electron chi connectivity index (χ4n) is 6.93. The Morgan fingerprint density at radius 2 is 2.00 bits per heavy atom. The number of nitrogens with one attached hydrogen (secondary N) is 2. The van der Waals surface area contributed by atoms with Crippen molar-refractivity contribution < 1.29 is 36.3 Å². The summed E-state index contributed by atoms with van der Waals surface area (Å²) in [5, 5.41) is 14.3. The van der Waals surface area contributed by atoms with Crippen LogP contribution in [-0.4, -0.2) is 75.5 Å². The second-order valence-electron chi connectivity index (χ2n) is 12.7. The van der Waals surface area contributed by atoms with Crippen LogP contribution in [0.15, 0.2) is 24.5 Å². The van der Waals surface area contributed by atoms with Crippen molar-refractivity contribution in [1.82, 2.24) is 35.0 Å². The molecule has 4 atom stereocenters. The summed E-state index contributed by atoms with van der Waals surface area (Å²) in [6.45, 7) is 3.41. The third kappa shape index (κ3) is 8.34. The molecule has 1 saturated carbocycles. The zero-order valence-electron chi connectivity index (χ0n) is 26.6. The molecular weight excluding hydrogens is 625 g/mol. The van der Waals surface area contributed by atoms with Crippen molar-refractivity contribution >= 4 is 17.8 Å². The van der Waals surface area contributed by atoms with E-state index in [1.54, 1.807) is 34.7 Å². The summed E-state index contributed by atoms with van der Waals surface area (Å²) < 4.78 is 76.7. The monoisotopic (exact) mass is 667 g/mol. The van der Waals surface area contributed by atoms with Gasteiger partial charge >= 0.3 is 6.18 Å². The van der Waals surface area contributed by atoms with Gasteiger partial charge in [0.1, 0.15) is 5.69 Å². The van der Waals surface area contributed by atoms with Gasteiger partial charge in [-0.1, -0.05) is 0 Å². The summed E-state index contributed by atoms with van der Waals surface area (Å²) in [6, 6.07) is 3.36. The Hall–Kier alpha value is -3.46. The Morgan fingerprint density at radius 3 is 2.62 bits per heavy atom. The Morgan fingerprint density at radius 1 is 1.23 bits per heavy atom. The number of halogens is 5. The number of rotatable bonds is 8. The molecule has 0 spiro atoms. The van der Waals surface area contributed by atoms with Crippen molar-refractivity contribution in [3.8, 4) is 0 Å². The van der Waals surface area contributed by atoms with E-state index in [0.717, 1.165) is 31.2 Å². The van der Waals surface area contributed by atoms with Crippen LogP contribution in [-0.2, 0) is 22.5 Å². The topological polar surface area (TPSA) is 115 Å². The summed E-state index contributed by atoms with van der Waals surface area (Å²) >= 11 is 0. The number of imidazole rings is 1. The van der Waals surface area contributed by atoms with E-state index in [2.05, 4.69) is 15.7 Å². The van der Waals surface area contributed by atoms with Gasteiger partial charge in [0.2, 0.25) is 11.8 Å². The molecule has 3 aromatic heterocycles. The molecule has 2 aliphatic heterocycles. The van der Waals surface area contributed by atoms with Crippen molar-refractivity contribution in [3.05, 3.63) is 47.2 Å². The molecule has 15 heteroatoms. The summed E-state index contributed by atoms with van der Waals surface area (Å²) in [4.78, 5) is 27.5. The molecule has 10 nitrogen and oxygen atoms in total. The molecule has 0 radical (unpaired) electrons. The molecule has 3 fully saturated rings. The van der Waals surface area contributed by atoms with E-state index in [-0.39, 0.29) is 43.6 Å². The second-order valence-corrected chi connectivity index (χ2v) is 12.7. The first-order valence-electron chi connectivity index (χ1n) is 16.3. The van der Waals surface area contributed by atoms with Crippen molar-refractivity contribution in [2.45, 2.75) is 88.9 Å². The first-order chi connectivity index (χ1) is 22.4. The van der Waals surface area contributed by atoms with E-state index in [1.807, 2.05) is 13.0 Å². The van der Waals surface area contributed by atoms with Gasteiger partial charge in [0.05, 0.1) is 36.2 Å². The number of ether oxygens (including phenoxy) is 1. The maximum Gasteiger partial charge on any atom is 0.393 e. The number of fused-ring (bicyclic) bond motifs is 1. The Bertz CT molecular complexity index is 1510. The standard InChI is InChI=1S/C26H34F5N5O2.C6H8N2O/c1-32-23(15-4-6-25(27,28)7-5-15)21-13-36-22(34-21)11-19(16-3-2-8-38-14-16)20(35-36)10-17-9-18(26(29,30)31)12-33-24(17)37;1-2-8-6(5-9)3-4-7-8/h11,13,15-18,23,32H,2-10,12,14H2,1H3,(H,33,37);3-5H,2H2,1H3. The van der Waals surface area contributed by atoms with E-state index in [0.29, 0.717) is 48.8 Å². The lowest BCUT2D eigenvalue weighted by Gasteiger charge is -2.32. The van der Waals surface area contributed by atoms with Gasteiger partial charge in [0, 0.05) is 57.0 Å². The van der Waals surface area contributed by atoms with E-state index in [9.17, 15) is 31.5 Å². The molecule has 4 unspecified atom stereocenters. The van der Waals surface area contributed by atoms with Crippen LogP contribution in [0.4, 0.5) is 22.0 Å². The van der Waals surface area contributed by atoms with E-state index in [1.165, 1.54) is 0 Å². The second kappa shape index (κ2) is 14.8. The maximum absolute atomic E-state index is 13.7. The fraction of sp³-hybridized carbons (Fsp3) is 0.656. The first kappa shape index (κ1) is 34.9. The molecule has 2 saturated heterocycles. The average molecular weight is 668 g/mol. The van der Waals surface area contributed by atoms with Crippen LogP contribution >= 0.6 is 0 Å². The SMILES string of the molecule is CCn1nccc1C=O.CNC(c1cn2nc(CC3CC(C(F)(F)F)CNC3=O)c(C3CCCOC3)cc2n1)C1CCC(F)(F)CC1. The molecule has 0 aromatic carbocycles. The number of piperidine rings is 1. The number of aryl methyl sites for hydroxylation is 1. The van der Waals surface area contributed by atoms with Gasteiger partial charge in [-0.15, -0.1) is 0 Å². The quantitative estimate of drug-likeness (QED) is 0.248. The number of carbonyl (C=O) groups is 2. The number of aromatic nitrogens is 5. The average Bonchev–Trinajstić information content (AvgIpc) is 3.69. The van der Waals surface area contributed by atoms with E-state index < -0.39 is 36.4 Å². The first-order valence-corrected chi connectivity index (χ1v) is 16.3. The summed E-state index contributed by atoms with van der Waals surface area (Å²) in [7, 11) is 1.78. The third-order valence-corrected chi connectivity index (χ3v) is 9.58. The predicted molar refractivity (Wildman–Crippen MR) is 162 cm³/mol. The van der Waals surface area contributed by atoms with Crippen molar-refractivity contribution in [3.63, 3.8) is 0 Å². The highest BCUT2D eigenvalue weighted by atomic mass is 19.4. The number of amides is 1. The normalized spacial score (nSPS) is 24.3. The number of carbonyl (C=O) groups excluding carboxylic acids is 2. The lowest BCUT2D eigenvalue weighted by molar-refractivity contribution is -0.183. The molecule has 3 aromatic rings. The highest BCUT2D eigenvalue weighted by molar-refractivity contribution is 5.79. The van der Waals surface area contributed by atoms with Crippen LogP contribution in [0, 0.1) is 17.8 Å². The molecule has 1 aliphatic carbocycles. The lowest BCUT2D eigenvalue weighted by atomic mass is 9.81. The number of hydrogen-bond donors (Lipinski definition) is 2. The highest BCUT2D eigenvalue weighted by Gasteiger charge is 2.45. The molecule has 2 N–H and O–H groups in total. The molecule has 6 rings (SSSR count). The van der Waals surface area contributed by atoms with Crippen LogP contribution in [0.2, 0.25) is 0 Å². The Balaban J connectivity index is 0.000000417. The minimum atomic E-state index is -4.38. The van der Waals surface area contributed by atoms with Crippen LogP contribution in [0.3, 0.4) is 0 Å². The van der Waals surface area contributed by atoms with Gasteiger partial charge in [-0.25, -0.2) is 18.3 Å². The minimum Gasteiger partial charge on any atom is -0.381 e. The smallest absolute Gasteiger partial charge is 0.381 e. The molecule has 0 bridgehead atoms. The van der Waals surface area contributed by atoms with Gasteiger partial charge in [-0.3, -0.25) is 14.3 Å². The molecular formula is C32H42F5N7O3. The molecule has 5 heterocycles. The van der Waals surface area contributed by atoms with Gasteiger partial charge in [-0.05, 0) is 69.7 Å². The van der Waals surface area contributed by atoms with Crippen LogP contribution in [0.25, 0.3) is 5.65 Å². The van der Waals surface area contributed by atoms with Gasteiger partial charge in [0.25, 0.3) is 0 Å². The molecule has 1 amide bonds. The predicted octanol–water partition coefficient (Wildman–Crippen LogP) is 5.28. The van der Waals surface area contributed by atoms with Gasteiger partial charge < -0.3 is 15.4 Å². The largest absolute Gasteiger partial charge is 0.393 e. The van der Waals surface area contributed by atoms with E-state index >= 15 is 0 Å². The number of aldehydes is 1. The fourth-order valence-corrected chi connectivity index (χ4v) is 6.93. The number of hydrogen-bond acceptors (Lipinski definition) is 7. The summed E-state index contributed by atoms with van der Waals surface area (Å²) in [5.74, 6) is -5.45.